The normalized spacial score (nSPS) is 10.4. The van der Waals surface area contributed by atoms with Crippen LogP contribution in [0.5, 0.6) is 0 Å². The molecule has 110 valence electrons. The van der Waals surface area contributed by atoms with E-state index in [9.17, 15) is 14.0 Å². The highest BCUT2D eigenvalue weighted by Crippen LogP contribution is 2.20. The number of hydrogen-bond donors (Lipinski definition) is 2. The number of rotatable bonds is 5. The molecule has 1 aromatic carbocycles. The number of hydrogen-bond acceptors (Lipinski definition) is 2. The van der Waals surface area contributed by atoms with Crippen LogP contribution in [0.15, 0.2) is 18.2 Å². The van der Waals surface area contributed by atoms with Crippen molar-refractivity contribution < 1.29 is 19.1 Å². The minimum Gasteiger partial charge on any atom is -0.478 e. The molecular formula is C14H19FN2O3. The van der Waals surface area contributed by atoms with Crippen molar-refractivity contribution in [3.63, 3.8) is 0 Å². The minimum atomic E-state index is -1.29. The Morgan fingerprint density at radius 1 is 1.40 bits per heavy atom. The largest absolute Gasteiger partial charge is 0.478 e. The second-order valence-corrected chi connectivity index (χ2v) is 5.00. The SMILES string of the molecule is CC(C)CCN(C)C(=O)Nc1c(F)cccc1C(=O)O. The fourth-order valence-electron chi connectivity index (χ4n) is 1.59. The molecule has 6 heteroatoms. The highest BCUT2D eigenvalue weighted by Gasteiger charge is 2.18. The first-order valence-electron chi connectivity index (χ1n) is 6.36. The van der Waals surface area contributed by atoms with Crippen molar-refractivity contribution in [1.82, 2.24) is 4.90 Å². The number of urea groups is 1. The molecule has 0 saturated heterocycles. The number of halogens is 1. The Balaban J connectivity index is 2.82. The summed E-state index contributed by atoms with van der Waals surface area (Å²) in [5.74, 6) is -1.62. The number of nitrogens with one attached hydrogen (secondary N) is 1. The van der Waals surface area contributed by atoms with Gasteiger partial charge in [0.25, 0.3) is 0 Å². The standard InChI is InChI=1S/C14H19FN2O3/c1-9(2)7-8-17(3)14(20)16-12-10(13(18)19)5-4-6-11(12)15/h4-6,9H,7-8H2,1-3H3,(H,16,20)(H,18,19). The smallest absolute Gasteiger partial charge is 0.337 e. The number of para-hydroxylation sites is 1. The molecule has 0 aliphatic heterocycles. The zero-order valence-corrected chi connectivity index (χ0v) is 11.8. The van der Waals surface area contributed by atoms with Gasteiger partial charge in [-0.2, -0.15) is 0 Å². The molecule has 1 aromatic rings. The van der Waals surface area contributed by atoms with E-state index in [1.807, 2.05) is 13.8 Å². The number of benzene rings is 1. The third-order valence-electron chi connectivity index (χ3n) is 2.86. The fourth-order valence-corrected chi connectivity index (χ4v) is 1.59. The summed E-state index contributed by atoms with van der Waals surface area (Å²) >= 11 is 0. The van der Waals surface area contributed by atoms with Gasteiger partial charge in [0.15, 0.2) is 0 Å². The quantitative estimate of drug-likeness (QED) is 0.872. The minimum absolute atomic E-state index is 0.268. The van der Waals surface area contributed by atoms with Crippen LogP contribution in [0.25, 0.3) is 0 Å². The van der Waals surface area contributed by atoms with E-state index in [1.54, 1.807) is 7.05 Å². The van der Waals surface area contributed by atoms with Gasteiger partial charge in [-0.15, -0.1) is 0 Å². The Hall–Kier alpha value is -2.11. The zero-order chi connectivity index (χ0) is 15.3. The van der Waals surface area contributed by atoms with Gasteiger partial charge in [0, 0.05) is 13.6 Å². The summed E-state index contributed by atoms with van der Waals surface area (Å²) in [7, 11) is 1.58. The molecular weight excluding hydrogens is 263 g/mol. The molecule has 0 heterocycles. The van der Waals surface area contributed by atoms with Gasteiger partial charge in [-0.3, -0.25) is 0 Å². The lowest BCUT2D eigenvalue weighted by Gasteiger charge is -2.19. The molecule has 0 unspecified atom stereocenters. The van der Waals surface area contributed by atoms with Crippen molar-refractivity contribution in [2.45, 2.75) is 20.3 Å². The summed E-state index contributed by atoms with van der Waals surface area (Å²) in [6, 6.07) is 3.11. The molecule has 0 aliphatic carbocycles. The van der Waals surface area contributed by atoms with Crippen molar-refractivity contribution in [2.24, 2.45) is 5.92 Å². The van der Waals surface area contributed by atoms with Gasteiger partial charge < -0.3 is 15.3 Å². The number of carbonyl (C=O) groups is 2. The van der Waals surface area contributed by atoms with Crippen LogP contribution in [0.1, 0.15) is 30.6 Å². The third kappa shape index (κ3) is 4.22. The van der Waals surface area contributed by atoms with Gasteiger partial charge >= 0.3 is 12.0 Å². The van der Waals surface area contributed by atoms with Crippen LogP contribution < -0.4 is 5.32 Å². The average molecular weight is 282 g/mol. The fraction of sp³-hybridized carbons (Fsp3) is 0.429. The summed E-state index contributed by atoms with van der Waals surface area (Å²) in [4.78, 5) is 24.3. The van der Waals surface area contributed by atoms with Crippen molar-refractivity contribution in [3.8, 4) is 0 Å². The summed E-state index contributed by atoms with van der Waals surface area (Å²) in [5, 5.41) is 11.3. The van der Waals surface area contributed by atoms with Gasteiger partial charge in [0.2, 0.25) is 0 Å². The number of anilines is 1. The van der Waals surface area contributed by atoms with Crippen LogP contribution in [0.2, 0.25) is 0 Å². The molecule has 0 aliphatic rings. The molecule has 0 spiro atoms. The molecule has 0 aromatic heterocycles. The second kappa shape index (κ2) is 6.88. The number of nitrogens with zero attached hydrogens (tertiary/aromatic N) is 1. The van der Waals surface area contributed by atoms with Gasteiger partial charge in [-0.25, -0.2) is 14.0 Å². The topological polar surface area (TPSA) is 69.6 Å². The first-order chi connectivity index (χ1) is 9.32. The Bertz CT molecular complexity index is 503. The van der Waals surface area contributed by atoms with Gasteiger partial charge in [0.05, 0.1) is 11.3 Å². The average Bonchev–Trinajstić information content (AvgIpc) is 2.37. The highest BCUT2D eigenvalue weighted by molar-refractivity contribution is 6.00. The molecule has 0 atom stereocenters. The van der Waals surface area contributed by atoms with E-state index >= 15 is 0 Å². The Labute approximate surface area is 117 Å². The summed E-state index contributed by atoms with van der Waals surface area (Å²) in [6.07, 6.45) is 0.812. The molecule has 0 fully saturated rings. The van der Waals surface area contributed by atoms with Crippen LogP contribution >= 0.6 is 0 Å². The predicted molar refractivity (Wildman–Crippen MR) is 74.5 cm³/mol. The summed E-state index contributed by atoms with van der Waals surface area (Å²) < 4.78 is 13.7. The van der Waals surface area contributed by atoms with E-state index in [0.717, 1.165) is 12.5 Å². The lowest BCUT2D eigenvalue weighted by molar-refractivity contribution is 0.0697. The molecule has 0 bridgehead atoms. The van der Waals surface area contributed by atoms with E-state index in [1.165, 1.54) is 17.0 Å². The molecule has 20 heavy (non-hydrogen) atoms. The summed E-state index contributed by atoms with van der Waals surface area (Å²) in [6.45, 7) is 4.58. The highest BCUT2D eigenvalue weighted by atomic mass is 19.1. The maximum Gasteiger partial charge on any atom is 0.337 e. The number of carboxylic acids is 1. The zero-order valence-electron chi connectivity index (χ0n) is 11.8. The first-order valence-corrected chi connectivity index (χ1v) is 6.36. The maximum absolute atomic E-state index is 13.7. The lowest BCUT2D eigenvalue weighted by Crippen LogP contribution is -2.33. The number of carboxylic acid groups (broad SMARTS) is 1. The van der Waals surface area contributed by atoms with E-state index in [-0.39, 0.29) is 11.3 Å². The number of amides is 2. The van der Waals surface area contributed by atoms with Crippen molar-refractivity contribution in [3.05, 3.63) is 29.6 Å². The van der Waals surface area contributed by atoms with Gasteiger partial charge in [0.1, 0.15) is 5.82 Å². The van der Waals surface area contributed by atoms with Crippen LogP contribution in [-0.2, 0) is 0 Å². The third-order valence-corrected chi connectivity index (χ3v) is 2.86. The first kappa shape index (κ1) is 15.9. The van der Waals surface area contributed by atoms with Crippen molar-refractivity contribution in [2.75, 3.05) is 18.9 Å². The molecule has 5 nitrogen and oxygen atoms in total. The Morgan fingerprint density at radius 3 is 2.60 bits per heavy atom. The van der Waals surface area contributed by atoms with E-state index in [4.69, 9.17) is 5.11 Å². The van der Waals surface area contributed by atoms with E-state index < -0.39 is 17.8 Å². The molecule has 2 amide bonds. The summed E-state index contributed by atoms with van der Waals surface area (Å²) in [5.41, 5.74) is -0.572. The monoisotopic (exact) mass is 282 g/mol. The molecule has 2 N–H and O–H groups in total. The number of aromatic carboxylic acids is 1. The van der Waals surface area contributed by atoms with Gasteiger partial charge in [-0.1, -0.05) is 19.9 Å². The van der Waals surface area contributed by atoms with Gasteiger partial charge in [-0.05, 0) is 24.5 Å². The Kier molecular flexibility index (Phi) is 5.49. The van der Waals surface area contributed by atoms with Crippen molar-refractivity contribution >= 4 is 17.7 Å². The Morgan fingerprint density at radius 2 is 2.05 bits per heavy atom. The van der Waals surface area contributed by atoms with Crippen LogP contribution in [0.4, 0.5) is 14.9 Å². The molecule has 0 radical (unpaired) electrons. The van der Waals surface area contributed by atoms with Crippen molar-refractivity contribution in [1.29, 1.82) is 0 Å². The second-order valence-electron chi connectivity index (χ2n) is 5.00. The lowest BCUT2D eigenvalue weighted by atomic mass is 10.1. The number of carbonyl (C=O) groups excluding carboxylic acids is 1. The molecule has 1 rings (SSSR count). The van der Waals surface area contributed by atoms with E-state index in [0.29, 0.717) is 12.5 Å². The molecule has 0 saturated carbocycles. The predicted octanol–water partition coefficient (Wildman–Crippen LogP) is 3.03. The van der Waals surface area contributed by atoms with Crippen LogP contribution in [0.3, 0.4) is 0 Å². The maximum atomic E-state index is 13.7. The van der Waals surface area contributed by atoms with Crippen LogP contribution in [-0.4, -0.2) is 35.6 Å². The van der Waals surface area contributed by atoms with Crippen LogP contribution in [0, 0.1) is 11.7 Å². The van der Waals surface area contributed by atoms with E-state index in [2.05, 4.69) is 5.32 Å².